The van der Waals surface area contributed by atoms with Crippen molar-refractivity contribution in [1.29, 1.82) is 0 Å². The SMILES string of the molecule is CCC(C)(C)CC1C2CCCCC2CC2CCCCC21. The minimum absolute atomic E-state index is 0.575. The van der Waals surface area contributed by atoms with Crippen molar-refractivity contribution >= 4 is 0 Å². The van der Waals surface area contributed by atoms with Crippen LogP contribution >= 0.6 is 0 Å². The molecule has 0 nitrogen and oxygen atoms in total. The van der Waals surface area contributed by atoms with Crippen molar-refractivity contribution in [3.63, 3.8) is 0 Å². The molecule has 0 spiro atoms. The first-order valence-electron chi connectivity index (χ1n) is 9.61. The Morgan fingerprint density at radius 2 is 1.30 bits per heavy atom. The molecule has 0 heteroatoms. The Balaban J connectivity index is 1.80. The molecule has 20 heavy (non-hydrogen) atoms. The van der Waals surface area contributed by atoms with Gasteiger partial charge >= 0.3 is 0 Å². The number of hydrogen-bond acceptors (Lipinski definition) is 0. The van der Waals surface area contributed by atoms with Crippen LogP contribution in [-0.4, -0.2) is 0 Å². The largest absolute Gasteiger partial charge is 0.0649 e. The summed E-state index contributed by atoms with van der Waals surface area (Å²) in [5.74, 6) is 5.51. The molecule has 4 unspecified atom stereocenters. The molecule has 3 saturated carbocycles. The van der Waals surface area contributed by atoms with E-state index in [9.17, 15) is 0 Å². The second-order valence-electron chi connectivity index (χ2n) is 9.04. The molecule has 116 valence electrons. The van der Waals surface area contributed by atoms with Gasteiger partial charge in [0.15, 0.2) is 0 Å². The van der Waals surface area contributed by atoms with Crippen LogP contribution in [0.25, 0.3) is 0 Å². The zero-order valence-electron chi connectivity index (χ0n) is 14.2. The molecule has 0 saturated heterocycles. The molecule has 0 aliphatic heterocycles. The fraction of sp³-hybridized carbons (Fsp3) is 1.00. The molecule has 0 heterocycles. The average Bonchev–Trinajstić information content (AvgIpc) is 2.47. The Hall–Kier alpha value is 0. The Kier molecular flexibility index (Phi) is 4.48. The van der Waals surface area contributed by atoms with E-state index >= 15 is 0 Å². The summed E-state index contributed by atoms with van der Waals surface area (Å²) < 4.78 is 0. The van der Waals surface area contributed by atoms with Crippen LogP contribution in [0.3, 0.4) is 0 Å². The van der Waals surface area contributed by atoms with E-state index in [2.05, 4.69) is 20.8 Å². The molecule has 3 fully saturated rings. The van der Waals surface area contributed by atoms with Crippen LogP contribution in [0.15, 0.2) is 0 Å². The van der Waals surface area contributed by atoms with E-state index in [-0.39, 0.29) is 0 Å². The summed E-state index contributed by atoms with van der Waals surface area (Å²) in [4.78, 5) is 0. The fourth-order valence-corrected chi connectivity index (χ4v) is 5.98. The minimum atomic E-state index is 0.575. The first kappa shape index (κ1) is 14.9. The highest BCUT2D eigenvalue weighted by Crippen LogP contribution is 2.56. The highest BCUT2D eigenvalue weighted by Gasteiger charge is 2.46. The van der Waals surface area contributed by atoms with Crippen LogP contribution in [0.1, 0.15) is 91.4 Å². The normalized spacial score (nSPS) is 41.9. The second kappa shape index (κ2) is 6.01. The number of fused-ring (bicyclic) bond motifs is 2. The molecule has 0 aromatic carbocycles. The summed E-state index contributed by atoms with van der Waals surface area (Å²) in [6.07, 6.45) is 16.9. The molecule has 3 aliphatic rings. The van der Waals surface area contributed by atoms with Gasteiger partial charge in [0.25, 0.3) is 0 Å². The summed E-state index contributed by atoms with van der Waals surface area (Å²) in [7, 11) is 0. The number of hydrogen-bond donors (Lipinski definition) is 0. The van der Waals surface area contributed by atoms with Gasteiger partial charge in [0.2, 0.25) is 0 Å². The van der Waals surface area contributed by atoms with E-state index in [1.54, 1.807) is 32.1 Å². The maximum Gasteiger partial charge on any atom is -0.0347 e. The van der Waals surface area contributed by atoms with Gasteiger partial charge in [0.1, 0.15) is 0 Å². The van der Waals surface area contributed by atoms with Crippen LogP contribution in [0.5, 0.6) is 0 Å². The molecule has 3 rings (SSSR count). The lowest BCUT2D eigenvalue weighted by atomic mass is 9.52. The van der Waals surface area contributed by atoms with Gasteiger partial charge in [-0.2, -0.15) is 0 Å². The van der Waals surface area contributed by atoms with E-state index in [1.807, 2.05) is 0 Å². The van der Waals surface area contributed by atoms with Gasteiger partial charge in [0, 0.05) is 0 Å². The third-order valence-electron chi connectivity index (χ3n) is 7.39. The third kappa shape index (κ3) is 2.95. The van der Waals surface area contributed by atoms with Crippen molar-refractivity contribution in [3.8, 4) is 0 Å². The summed E-state index contributed by atoms with van der Waals surface area (Å²) in [6.45, 7) is 7.45. The van der Waals surface area contributed by atoms with Crippen molar-refractivity contribution < 1.29 is 0 Å². The Bertz CT molecular complexity index is 294. The van der Waals surface area contributed by atoms with Crippen LogP contribution < -0.4 is 0 Å². The van der Waals surface area contributed by atoms with Crippen molar-refractivity contribution in [3.05, 3.63) is 0 Å². The highest BCUT2D eigenvalue weighted by molar-refractivity contribution is 4.96. The van der Waals surface area contributed by atoms with Gasteiger partial charge < -0.3 is 0 Å². The van der Waals surface area contributed by atoms with Gasteiger partial charge in [-0.1, -0.05) is 65.7 Å². The van der Waals surface area contributed by atoms with E-state index in [4.69, 9.17) is 0 Å². The van der Waals surface area contributed by atoms with Gasteiger partial charge in [-0.15, -0.1) is 0 Å². The number of rotatable bonds is 3. The summed E-state index contributed by atoms with van der Waals surface area (Å²) >= 11 is 0. The monoisotopic (exact) mass is 276 g/mol. The molecule has 4 atom stereocenters. The zero-order valence-corrected chi connectivity index (χ0v) is 14.2. The first-order valence-corrected chi connectivity index (χ1v) is 9.61. The predicted octanol–water partition coefficient (Wildman–Crippen LogP) is 6.45. The maximum atomic E-state index is 2.53. The van der Waals surface area contributed by atoms with Gasteiger partial charge in [-0.3, -0.25) is 0 Å². The Labute approximate surface area is 127 Å². The van der Waals surface area contributed by atoms with E-state index < -0.39 is 0 Å². The molecule has 0 bridgehead atoms. The third-order valence-corrected chi connectivity index (χ3v) is 7.39. The summed E-state index contributed by atoms with van der Waals surface area (Å²) in [5, 5.41) is 0. The van der Waals surface area contributed by atoms with E-state index in [0.717, 1.165) is 29.6 Å². The molecular formula is C20H36. The highest BCUT2D eigenvalue weighted by atomic mass is 14.5. The lowest BCUT2D eigenvalue weighted by Crippen LogP contribution is -2.44. The van der Waals surface area contributed by atoms with Crippen LogP contribution in [0, 0.1) is 35.0 Å². The molecule has 0 radical (unpaired) electrons. The van der Waals surface area contributed by atoms with Gasteiger partial charge in [0.05, 0.1) is 0 Å². The average molecular weight is 277 g/mol. The van der Waals surface area contributed by atoms with Crippen molar-refractivity contribution in [2.75, 3.05) is 0 Å². The van der Waals surface area contributed by atoms with Gasteiger partial charge in [-0.05, 0) is 60.7 Å². The summed E-state index contributed by atoms with van der Waals surface area (Å²) in [6, 6.07) is 0. The molecular weight excluding hydrogens is 240 g/mol. The predicted molar refractivity (Wildman–Crippen MR) is 87.7 cm³/mol. The molecule has 0 aromatic rings. The van der Waals surface area contributed by atoms with Crippen molar-refractivity contribution in [1.82, 2.24) is 0 Å². The summed E-state index contributed by atoms with van der Waals surface area (Å²) in [5.41, 5.74) is 0.575. The van der Waals surface area contributed by atoms with Crippen LogP contribution in [-0.2, 0) is 0 Å². The smallest absolute Gasteiger partial charge is 0.0347 e. The van der Waals surface area contributed by atoms with E-state index in [0.29, 0.717) is 5.41 Å². The standard InChI is InChI=1S/C20H36/c1-4-20(2,3)14-19-17-11-7-5-9-15(17)13-16-10-6-8-12-18(16)19/h15-19H,4-14H2,1-3H3. The Morgan fingerprint density at radius 1 is 0.800 bits per heavy atom. The topological polar surface area (TPSA) is 0 Å². The minimum Gasteiger partial charge on any atom is -0.0649 e. The zero-order chi connectivity index (χ0) is 14.2. The molecule has 3 aliphatic carbocycles. The van der Waals surface area contributed by atoms with Gasteiger partial charge in [-0.25, -0.2) is 0 Å². The maximum absolute atomic E-state index is 2.53. The van der Waals surface area contributed by atoms with Crippen LogP contribution in [0.2, 0.25) is 0 Å². The van der Waals surface area contributed by atoms with E-state index in [1.165, 1.54) is 38.5 Å². The molecule has 0 amide bonds. The lowest BCUT2D eigenvalue weighted by molar-refractivity contribution is -0.0312. The Morgan fingerprint density at radius 3 is 1.80 bits per heavy atom. The molecule has 0 aromatic heterocycles. The molecule has 0 N–H and O–H groups in total. The lowest BCUT2D eigenvalue weighted by Gasteiger charge is -2.53. The fourth-order valence-electron chi connectivity index (χ4n) is 5.98. The van der Waals surface area contributed by atoms with Crippen molar-refractivity contribution in [2.24, 2.45) is 35.0 Å². The quantitative estimate of drug-likeness (QED) is 0.556. The van der Waals surface area contributed by atoms with Crippen LogP contribution in [0.4, 0.5) is 0 Å². The second-order valence-corrected chi connectivity index (χ2v) is 9.04. The first-order chi connectivity index (χ1) is 9.61. The van der Waals surface area contributed by atoms with Crippen molar-refractivity contribution in [2.45, 2.75) is 91.4 Å².